The lowest BCUT2D eigenvalue weighted by Gasteiger charge is -2.36. The Morgan fingerprint density at radius 1 is 1.15 bits per heavy atom. The van der Waals surface area contributed by atoms with Gasteiger partial charge in [0.2, 0.25) is 5.91 Å². The number of carboxylic acids is 1. The highest BCUT2D eigenvalue weighted by atomic mass is 16.5. The first kappa shape index (κ1) is 13.6. The standard InChI is InChI=1S/C14H20N2O4/c1-2-15-5-7-16(8-6-15)13(17)11-9-3-4-10(20-9)12(11)14(18)19/h3-4,9-12H,2,5-8H2,1H3,(H,18,19). The van der Waals surface area contributed by atoms with Crippen LogP contribution in [-0.2, 0) is 14.3 Å². The Morgan fingerprint density at radius 3 is 2.30 bits per heavy atom. The molecule has 0 saturated carbocycles. The number of hydrogen-bond acceptors (Lipinski definition) is 4. The molecule has 0 spiro atoms. The van der Waals surface area contributed by atoms with Crippen molar-refractivity contribution in [3.05, 3.63) is 12.2 Å². The lowest BCUT2D eigenvalue weighted by molar-refractivity contribution is -0.150. The molecule has 3 aliphatic heterocycles. The van der Waals surface area contributed by atoms with E-state index >= 15 is 0 Å². The predicted octanol–water partition coefficient (Wildman–Crippen LogP) is -0.195. The minimum Gasteiger partial charge on any atom is -0.481 e. The zero-order valence-corrected chi connectivity index (χ0v) is 11.6. The first-order valence-corrected chi connectivity index (χ1v) is 7.19. The number of piperazine rings is 1. The molecule has 0 aliphatic carbocycles. The number of carbonyl (C=O) groups is 2. The summed E-state index contributed by atoms with van der Waals surface area (Å²) in [4.78, 5) is 28.1. The normalized spacial score (nSPS) is 36.5. The van der Waals surface area contributed by atoms with E-state index in [0.29, 0.717) is 13.1 Å². The number of fused-ring (bicyclic) bond motifs is 2. The summed E-state index contributed by atoms with van der Waals surface area (Å²) in [7, 11) is 0. The molecule has 2 fully saturated rings. The van der Waals surface area contributed by atoms with E-state index in [4.69, 9.17) is 4.74 Å². The van der Waals surface area contributed by atoms with E-state index in [9.17, 15) is 14.7 Å². The molecule has 0 aromatic rings. The van der Waals surface area contributed by atoms with Gasteiger partial charge in [-0.3, -0.25) is 9.59 Å². The molecule has 3 heterocycles. The zero-order valence-electron chi connectivity index (χ0n) is 11.6. The molecule has 1 N–H and O–H groups in total. The summed E-state index contributed by atoms with van der Waals surface area (Å²) in [6.45, 7) is 6.16. The van der Waals surface area contributed by atoms with Crippen molar-refractivity contribution in [3.8, 4) is 0 Å². The van der Waals surface area contributed by atoms with Crippen LogP contribution in [0.2, 0.25) is 0 Å². The first-order valence-electron chi connectivity index (χ1n) is 7.19. The van der Waals surface area contributed by atoms with Crippen molar-refractivity contribution >= 4 is 11.9 Å². The van der Waals surface area contributed by atoms with Crippen molar-refractivity contribution in [3.63, 3.8) is 0 Å². The molecule has 3 aliphatic rings. The Balaban J connectivity index is 1.71. The van der Waals surface area contributed by atoms with Gasteiger partial charge in [0, 0.05) is 26.2 Å². The van der Waals surface area contributed by atoms with E-state index in [1.165, 1.54) is 0 Å². The van der Waals surface area contributed by atoms with Crippen LogP contribution >= 0.6 is 0 Å². The quantitative estimate of drug-likeness (QED) is 0.725. The molecule has 0 aromatic heterocycles. The third kappa shape index (κ3) is 2.13. The number of likely N-dealkylation sites (N-methyl/N-ethyl adjacent to an activating group) is 1. The monoisotopic (exact) mass is 280 g/mol. The first-order chi connectivity index (χ1) is 9.61. The second kappa shape index (κ2) is 5.18. The molecule has 2 bridgehead atoms. The molecule has 4 atom stereocenters. The van der Waals surface area contributed by atoms with E-state index in [-0.39, 0.29) is 12.0 Å². The fraction of sp³-hybridized carbons (Fsp3) is 0.714. The Bertz CT molecular complexity index is 442. The van der Waals surface area contributed by atoms with Crippen molar-refractivity contribution in [2.45, 2.75) is 19.1 Å². The van der Waals surface area contributed by atoms with Gasteiger partial charge in [0.05, 0.1) is 18.1 Å². The molecule has 4 unspecified atom stereocenters. The Labute approximate surface area is 118 Å². The van der Waals surface area contributed by atoms with Gasteiger partial charge in [0.1, 0.15) is 5.92 Å². The minimum absolute atomic E-state index is 0.0648. The van der Waals surface area contributed by atoms with Gasteiger partial charge in [-0.15, -0.1) is 0 Å². The van der Waals surface area contributed by atoms with Gasteiger partial charge in [-0.05, 0) is 6.54 Å². The maximum absolute atomic E-state index is 12.6. The molecule has 0 radical (unpaired) electrons. The molecule has 6 heteroatoms. The van der Waals surface area contributed by atoms with Gasteiger partial charge >= 0.3 is 5.97 Å². The Hall–Kier alpha value is -1.40. The largest absolute Gasteiger partial charge is 0.481 e. The van der Waals surface area contributed by atoms with E-state index in [1.54, 1.807) is 11.0 Å². The van der Waals surface area contributed by atoms with Crippen LogP contribution < -0.4 is 0 Å². The van der Waals surface area contributed by atoms with Crippen molar-refractivity contribution in [2.75, 3.05) is 32.7 Å². The number of carbonyl (C=O) groups excluding carboxylic acids is 1. The number of aliphatic carboxylic acids is 1. The summed E-state index contributed by atoms with van der Waals surface area (Å²) in [5.74, 6) is -2.30. The molecule has 6 nitrogen and oxygen atoms in total. The van der Waals surface area contributed by atoms with Crippen LogP contribution in [-0.4, -0.2) is 71.7 Å². The highest BCUT2D eigenvalue weighted by Gasteiger charge is 2.54. The third-order valence-corrected chi connectivity index (χ3v) is 4.60. The maximum Gasteiger partial charge on any atom is 0.310 e. The van der Waals surface area contributed by atoms with Crippen LogP contribution in [0.1, 0.15) is 6.92 Å². The van der Waals surface area contributed by atoms with Gasteiger partial charge in [-0.25, -0.2) is 0 Å². The average Bonchev–Trinajstić information content (AvgIpc) is 3.07. The molecule has 1 amide bonds. The molecular weight excluding hydrogens is 260 g/mol. The van der Waals surface area contributed by atoms with Crippen molar-refractivity contribution in [2.24, 2.45) is 11.8 Å². The van der Waals surface area contributed by atoms with E-state index in [1.807, 2.05) is 6.08 Å². The summed E-state index contributed by atoms with van der Waals surface area (Å²) in [5.41, 5.74) is 0. The van der Waals surface area contributed by atoms with Gasteiger partial charge in [0.15, 0.2) is 0 Å². The van der Waals surface area contributed by atoms with Crippen LogP contribution in [0.5, 0.6) is 0 Å². The predicted molar refractivity (Wildman–Crippen MR) is 71.1 cm³/mol. The SMILES string of the molecule is CCN1CCN(C(=O)C2C3C=CC(O3)C2C(=O)O)CC1. The fourth-order valence-corrected chi connectivity index (χ4v) is 3.39. The number of carboxylic acid groups (broad SMARTS) is 1. The van der Waals surface area contributed by atoms with E-state index in [2.05, 4.69) is 11.8 Å². The molecule has 110 valence electrons. The summed E-state index contributed by atoms with van der Waals surface area (Å²) >= 11 is 0. The number of ether oxygens (including phenoxy) is 1. The summed E-state index contributed by atoms with van der Waals surface area (Å²) < 4.78 is 5.56. The lowest BCUT2D eigenvalue weighted by Crippen LogP contribution is -2.52. The molecule has 3 rings (SSSR count). The minimum atomic E-state index is -0.938. The van der Waals surface area contributed by atoms with Crippen LogP contribution in [0.4, 0.5) is 0 Å². The van der Waals surface area contributed by atoms with Crippen LogP contribution in [0.3, 0.4) is 0 Å². The van der Waals surface area contributed by atoms with E-state index in [0.717, 1.165) is 19.6 Å². The van der Waals surface area contributed by atoms with Crippen LogP contribution in [0.15, 0.2) is 12.2 Å². The highest BCUT2D eigenvalue weighted by Crippen LogP contribution is 2.40. The van der Waals surface area contributed by atoms with Crippen molar-refractivity contribution in [1.29, 1.82) is 0 Å². The van der Waals surface area contributed by atoms with Crippen LogP contribution in [0.25, 0.3) is 0 Å². The van der Waals surface area contributed by atoms with Gasteiger partial charge < -0.3 is 19.6 Å². The molecule has 2 saturated heterocycles. The average molecular weight is 280 g/mol. The molecule has 0 aromatic carbocycles. The third-order valence-electron chi connectivity index (χ3n) is 4.60. The van der Waals surface area contributed by atoms with Crippen LogP contribution in [0, 0.1) is 11.8 Å². The molecular formula is C14H20N2O4. The van der Waals surface area contributed by atoms with E-state index < -0.39 is 23.9 Å². The summed E-state index contributed by atoms with van der Waals surface area (Å²) in [6.07, 6.45) is 2.79. The second-order valence-corrected chi connectivity index (χ2v) is 5.60. The number of amides is 1. The zero-order chi connectivity index (χ0) is 14.3. The summed E-state index contributed by atoms with van der Waals surface area (Å²) in [6, 6.07) is 0. The van der Waals surface area contributed by atoms with Gasteiger partial charge in [0.25, 0.3) is 0 Å². The fourth-order valence-electron chi connectivity index (χ4n) is 3.39. The van der Waals surface area contributed by atoms with Crippen molar-refractivity contribution in [1.82, 2.24) is 9.80 Å². The number of hydrogen-bond donors (Lipinski definition) is 1. The summed E-state index contributed by atoms with van der Waals surface area (Å²) in [5, 5.41) is 9.34. The topological polar surface area (TPSA) is 70.1 Å². The highest BCUT2D eigenvalue weighted by molar-refractivity contribution is 5.87. The Kier molecular flexibility index (Phi) is 3.52. The lowest BCUT2D eigenvalue weighted by atomic mass is 9.82. The second-order valence-electron chi connectivity index (χ2n) is 5.60. The Morgan fingerprint density at radius 2 is 1.75 bits per heavy atom. The smallest absolute Gasteiger partial charge is 0.310 e. The number of rotatable bonds is 3. The number of nitrogens with zero attached hydrogens (tertiary/aromatic N) is 2. The van der Waals surface area contributed by atoms with Crippen molar-refractivity contribution < 1.29 is 19.4 Å². The molecule has 20 heavy (non-hydrogen) atoms. The van der Waals surface area contributed by atoms with Gasteiger partial charge in [-0.2, -0.15) is 0 Å². The van der Waals surface area contributed by atoms with Gasteiger partial charge in [-0.1, -0.05) is 19.1 Å². The maximum atomic E-state index is 12.6.